The molecule has 0 radical (unpaired) electrons. The van der Waals surface area contributed by atoms with E-state index < -0.39 is 22.8 Å². The number of rotatable bonds is 9. The largest absolute Gasteiger partial charge is 0.336 e. The minimum Gasteiger partial charge on any atom is -0.300 e. The molecular formula is C18H25N3O4S2. The molecule has 9 heteroatoms. The van der Waals surface area contributed by atoms with Crippen LogP contribution < -0.4 is 10.0 Å². The highest BCUT2D eigenvalue weighted by molar-refractivity contribution is 7.84. The van der Waals surface area contributed by atoms with Gasteiger partial charge in [0.15, 0.2) is 5.13 Å². The van der Waals surface area contributed by atoms with E-state index in [1.165, 1.54) is 16.9 Å². The molecule has 0 aliphatic rings. The molecule has 0 saturated heterocycles. The predicted octanol–water partition coefficient (Wildman–Crippen LogP) is 2.80. The number of benzene rings is 1. The first-order chi connectivity index (χ1) is 12.6. The summed E-state index contributed by atoms with van der Waals surface area (Å²) in [6.45, 7) is 7.31. The molecule has 27 heavy (non-hydrogen) atoms. The average molecular weight is 412 g/mol. The van der Waals surface area contributed by atoms with Crippen molar-refractivity contribution >= 4 is 32.7 Å². The average Bonchev–Trinajstić information content (AvgIpc) is 2.93. The van der Waals surface area contributed by atoms with Gasteiger partial charge in [0.2, 0.25) is 0 Å². The van der Waals surface area contributed by atoms with Crippen LogP contribution in [-0.4, -0.2) is 32.5 Å². The first-order valence-corrected chi connectivity index (χ1v) is 10.8. The van der Waals surface area contributed by atoms with E-state index in [0.29, 0.717) is 5.13 Å². The van der Waals surface area contributed by atoms with Gasteiger partial charge in [0, 0.05) is 17.8 Å². The number of nitrogens with one attached hydrogen (secondary N) is 2. The standard InChI is InChI=1S/C18H25N3O4S2/c1-12(2)10-19-27(23,24)25-11-17(22)21-18-20-14(4)16(26-18)9-15-7-5-13(3)6-8-15/h5-8,12,19H,9-11H2,1-4H3,(H,20,21,22). The number of hydrogen-bond donors (Lipinski definition) is 2. The third-order valence-corrected chi connectivity index (χ3v) is 5.66. The number of amides is 1. The molecule has 0 fully saturated rings. The minimum atomic E-state index is -3.94. The van der Waals surface area contributed by atoms with Crippen LogP contribution in [0.1, 0.15) is 35.5 Å². The summed E-state index contributed by atoms with van der Waals surface area (Å²) >= 11 is 1.37. The fourth-order valence-electron chi connectivity index (χ4n) is 2.13. The highest BCUT2D eigenvalue weighted by Gasteiger charge is 2.16. The van der Waals surface area contributed by atoms with E-state index in [1.54, 1.807) is 0 Å². The Morgan fingerprint density at radius 3 is 2.52 bits per heavy atom. The van der Waals surface area contributed by atoms with E-state index >= 15 is 0 Å². The summed E-state index contributed by atoms with van der Waals surface area (Å²) in [7, 11) is -3.94. The number of thiazole rings is 1. The highest BCUT2D eigenvalue weighted by Crippen LogP contribution is 2.25. The van der Waals surface area contributed by atoms with Gasteiger partial charge in [-0.1, -0.05) is 43.7 Å². The van der Waals surface area contributed by atoms with Crippen LogP contribution in [0.3, 0.4) is 0 Å². The van der Waals surface area contributed by atoms with Crippen molar-refractivity contribution in [2.24, 2.45) is 5.92 Å². The second kappa shape index (κ2) is 9.41. The normalized spacial score (nSPS) is 11.7. The van der Waals surface area contributed by atoms with Gasteiger partial charge >= 0.3 is 10.3 Å². The number of aromatic nitrogens is 1. The molecule has 1 heterocycles. The Morgan fingerprint density at radius 1 is 1.22 bits per heavy atom. The zero-order valence-corrected chi connectivity index (χ0v) is 17.5. The Balaban J connectivity index is 1.90. The lowest BCUT2D eigenvalue weighted by Gasteiger charge is -2.08. The molecule has 0 saturated carbocycles. The zero-order valence-electron chi connectivity index (χ0n) is 15.9. The van der Waals surface area contributed by atoms with Gasteiger partial charge in [0.05, 0.1) is 5.69 Å². The Labute approximate surface area is 164 Å². The van der Waals surface area contributed by atoms with Gasteiger partial charge in [-0.3, -0.25) is 10.1 Å². The molecule has 0 atom stereocenters. The second-order valence-corrected chi connectivity index (χ2v) is 9.21. The second-order valence-electron chi connectivity index (χ2n) is 6.70. The molecule has 0 aliphatic heterocycles. The summed E-state index contributed by atoms with van der Waals surface area (Å²) in [5.74, 6) is -0.428. The molecule has 2 rings (SSSR count). The van der Waals surface area contributed by atoms with E-state index in [2.05, 4.69) is 43.5 Å². The van der Waals surface area contributed by atoms with Gasteiger partial charge in [-0.2, -0.15) is 13.1 Å². The molecule has 148 valence electrons. The number of carbonyl (C=O) groups is 1. The van der Waals surface area contributed by atoms with Crippen LogP contribution in [-0.2, 0) is 25.7 Å². The van der Waals surface area contributed by atoms with Crippen molar-refractivity contribution in [3.8, 4) is 0 Å². The van der Waals surface area contributed by atoms with Crippen molar-refractivity contribution in [2.75, 3.05) is 18.5 Å². The Bertz CT molecular complexity index is 875. The number of carbonyl (C=O) groups excluding carboxylic acids is 1. The maximum absolute atomic E-state index is 12.0. The minimum absolute atomic E-state index is 0.141. The number of anilines is 1. The van der Waals surface area contributed by atoms with Crippen LogP contribution >= 0.6 is 11.3 Å². The van der Waals surface area contributed by atoms with Crippen molar-refractivity contribution in [1.29, 1.82) is 0 Å². The van der Waals surface area contributed by atoms with Crippen LogP contribution in [0.4, 0.5) is 5.13 Å². The van der Waals surface area contributed by atoms with Crippen molar-refractivity contribution < 1.29 is 17.4 Å². The molecule has 0 spiro atoms. The SMILES string of the molecule is Cc1ccc(Cc2sc(NC(=O)COS(=O)(=O)NCC(C)C)nc2C)cc1. The third kappa shape index (κ3) is 7.37. The monoisotopic (exact) mass is 411 g/mol. The fraction of sp³-hybridized carbons (Fsp3) is 0.444. The topological polar surface area (TPSA) is 97.4 Å². The van der Waals surface area contributed by atoms with Crippen LogP contribution in [0.15, 0.2) is 24.3 Å². The third-order valence-electron chi connectivity index (χ3n) is 3.64. The lowest BCUT2D eigenvalue weighted by atomic mass is 10.1. The molecule has 1 amide bonds. The fourth-order valence-corrected chi connectivity index (χ4v) is 4.03. The lowest BCUT2D eigenvalue weighted by molar-refractivity contribution is -0.118. The van der Waals surface area contributed by atoms with Gasteiger partial charge in [-0.25, -0.2) is 9.17 Å². The van der Waals surface area contributed by atoms with E-state index in [4.69, 9.17) is 0 Å². The summed E-state index contributed by atoms with van der Waals surface area (Å²) in [6.07, 6.45) is 0.726. The molecule has 0 unspecified atom stereocenters. The van der Waals surface area contributed by atoms with Crippen molar-refractivity contribution in [1.82, 2.24) is 9.71 Å². The van der Waals surface area contributed by atoms with Gasteiger partial charge in [0.25, 0.3) is 5.91 Å². The highest BCUT2D eigenvalue weighted by atomic mass is 32.2. The van der Waals surface area contributed by atoms with Crippen LogP contribution in [0.2, 0.25) is 0 Å². The molecule has 0 bridgehead atoms. The van der Waals surface area contributed by atoms with E-state index in [9.17, 15) is 13.2 Å². The van der Waals surface area contributed by atoms with Crippen LogP contribution in [0.5, 0.6) is 0 Å². The summed E-state index contributed by atoms with van der Waals surface area (Å²) in [6, 6.07) is 8.24. The van der Waals surface area contributed by atoms with Gasteiger partial charge in [-0.15, -0.1) is 11.3 Å². The Kier molecular flexibility index (Phi) is 7.49. The number of nitrogens with zero attached hydrogens (tertiary/aromatic N) is 1. The molecule has 1 aromatic heterocycles. The molecular weight excluding hydrogens is 386 g/mol. The summed E-state index contributed by atoms with van der Waals surface area (Å²) in [4.78, 5) is 17.3. The summed E-state index contributed by atoms with van der Waals surface area (Å²) < 4.78 is 30.3. The molecule has 7 nitrogen and oxygen atoms in total. The molecule has 0 aliphatic carbocycles. The van der Waals surface area contributed by atoms with Gasteiger partial charge in [-0.05, 0) is 25.3 Å². The maximum atomic E-state index is 12.0. The zero-order chi connectivity index (χ0) is 20.0. The smallest absolute Gasteiger partial charge is 0.300 e. The molecule has 1 aromatic carbocycles. The van der Waals surface area contributed by atoms with Crippen LogP contribution in [0.25, 0.3) is 0 Å². The van der Waals surface area contributed by atoms with Crippen molar-refractivity contribution in [2.45, 2.75) is 34.1 Å². The summed E-state index contributed by atoms with van der Waals surface area (Å²) in [5, 5.41) is 3.01. The quantitative estimate of drug-likeness (QED) is 0.661. The Hall–Kier alpha value is -1.81. The summed E-state index contributed by atoms with van der Waals surface area (Å²) in [5.41, 5.74) is 3.20. The molecule has 2 N–H and O–H groups in total. The van der Waals surface area contributed by atoms with E-state index in [-0.39, 0.29) is 12.5 Å². The van der Waals surface area contributed by atoms with E-state index in [0.717, 1.165) is 22.6 Å². The Morgan fingerprint density at radius 2 is 1.89 bits per heavy atom. The number of aryl methyl sites for hydroxylation is 2. The maximum Gasteiger partial charge on any atom is 0.336 e. The van der Waals surface area contributed by atoms with Gasteiger partial charge in [0.1, 0.15) is 6.61 Å². The molecule has 2 aromatic rings. The van der Waals surface area contributed by atoms with Crippen molar-refractivity contribution in [3.63, 3.8) is 0 Å². The first-order valence-electron chi connectivity index (χ1n) is 8.60. The van der Waals surface area contributed by atoms with Crippen LogP contribution in [0, 0.1) is 19.8 Å². The van der Waals surface area contributed by atoms with Crippen molar-refractivity contribution in [3.05, 3.63) is 46.0 Å². The lowest BCUT2D eigenvalue weighted by Crippen LogP contribution is -2.32. The predicted molar refractivity (Wildman–Crippen MR) is 107 cm³/mol. The van der Waals surface area contributed by atoms with E-state index in [1.807, 2.05) is 27.7 Å². The number of hydrogen-bond acceptors (Lipinski definition) is 6. The first kappa shape index (κ1) is 21.5. The van der Waals surface area contributed by atoms with Gasteiger partial charge < -0.3 is 0 Å².